The first-order chi connectivity index (χ1) is 15.8. The van der Waals surface area contributed by atoms with Gasteiger partial charge in [-0.05, 0) is 16.7 Å². The minimum atomic E-state index is -1.45. The highest BCUT2D eigenvalue weighted by molar-refractivity contribution is 7.98. The van der Waals surface area contributed by atoms with E-state index in [2.05, 4.69) is 16.4 Å². The van der Waals surface area contributed by atoms with Crippen molar-refractivity contribution in [2.24, 2.45) is 0 Å². The first kappa shape index (κ1) is 25.9. The van der Waals surface area contributed by atoms with E-state index in [1.165, 1.54) is 11.8 Å². The Morgan fingerprint density at radius 1 is 0.939 bits per heavy atom. The molecule has 0 saturated heterocycles. The van der Waals surface area contributed by atoms with E-state index in [0.29, 0.717) is 5.75 Å². The van der Waals surface area contributed by atoms with Gasteiger partial charge >= 0.3 is 0 Å². The highest BCUT2D eigenvalue weighted by Gasteiger charge is 2.21. The van der Waals surface area contributed by atoms with Crippen LogP contribution in [-0.2, 0) is 24.9 Å². The molecule has 2 rings (SSSR count). The number of aliphatic carboxylic acids is 2. The first-order valence-corrected chi connectivity index (χ1v) is 11.4. The van der Waals surface area contributed by atoms with Crippen LogP contribution >= 0.6 is 11.8 Å². The topological polar surface area (TPSA) is 166 Å². The zero-order valence-electron chi connectivity index (χ0n) is 18.0. The maximum absolute atomic E-state index is 12.3. The van der Waals surface area contributed by atoms with Gasteiger partial charge in [0.05, 0.1) is 18.5 Å². The van der Waals surface area contributed by atoms with Crippen LogP contribution in [0.4, 0.5) is 0 Å². The van der Waals surface area contributed by atoms with Gasteiger partial charge in [0.1, 0.15) is 12.1 Å². The summed E-state index contributed by atoms with van der Waals surface area (Å²) >= 11 is 1.39. The Hall–Kier alpha value is -3.37. The number of nitrogens with one attached hydrogen (secondary N) is 2. The van der Waals surface area contributed by atoms with Crippen LogP contribution in [0.3, 0.4) is 0 Å². The fraction of sp³-hybridized carbons (Fsp3) is 0.304. The van der Waals surface area contributed by atoms with Crippen LogP contribution in [0.25, 0.3) is 11.1 Å². The van der Waals surface area contributed by atoms with Gasteiger partial charge in [-0.1, -0.05) is 54.6 Å². The molecule has 0 bridgehead atoms. The van der Waals surface area contributed by atoms with E-state index in [-0.39, 0.29) is 18.6 Å². The summed E-state index contributed by atoms with van der Waals surface area (Å²) in [6.45, 7) is -0.678. The molecular weight excluding hydrogens is 446 g/mol. The molecule has 176 valence electrons. The zero-order valence-corrected chi connectivity index (χ0v) is 18.8. The second-order valence-electron chi connectivity index (χ2n) is 7.34. The van der Waals surface area contributed by atoms with E-state index < -0.39 is 42.4 Å². The fourth-order valence-electron chi connectivity index (χ4n) is 2.87. The molecule has 0 spiro atoms. The summed E-state index contributed by atoms with van der Waals surface area (Å²) in [6, 6.07) is 15.9. The molecule has 33 heavy (non-hydrogen) atoms. The standard InChI is InChI=1S/C23H27N3O6S/c24-18(23(31)32)10-11-20(27)26-19(22(30)25-12-21(28)29)14-33-13-15-6-8-17(9-7-15)16-4-2-1-3-5-16/h1-9,18-19H,10-14,24H2,(H,25,30)(H,26,27)(H,28,29)(H,31,32)/p-1/t18-,19-/m0/s1. The maximum atomic E-state index is 12.3. The van der Waals surface area contributed by atoms with Crippen LogP contribution < -0.4 is 26.6 Å². The van der Waals surface area contributed by atoms with Gasteiger partial charge in [-0.15, -0.1) is 0 Å². The van der Waals surface area contributed by atoms with Gasteiger partial charge < -0.3 is 36.2 Å². The molecule has 9 nitrogen and oxygen atoms in total. The third-order valence-electron chi connectivity index (χ3n) is 4.73. The van der Waals surface area contributed by atoms with Crippen LogP contribution in [0.15, 0.2) is 54.6 Å². The predicted octanol–water partition coefficient (Wildman–Crippen LogP) is -1.92. The highest BCUT2D eigenvalue weighted by Crippen LogP contribution is 2.21. The molecule has 0 aromatic heterocycles. The van der Waals surface area contributed by atoms with Crippen LogP contribution in [0.2, 0.25) is 0 Å². The largest absolute Gasteiger partial charge is 0.548 e. The lowest BCUT2D eigenvalue weighted by Gasteiger charge is -2.19. The average molecular weight is 473 g/mol. The van der Waals surface area contributed by atoms with Crippen molar-refractivity contribution in [2.45, 2.75) is 30.7 Å². The number of hydrogen-bond donors (Lipinski definition) is 3. The molecule has 2 atom stereocenters. The maximum Gasteiger partial charge on any atom is 0.243 e. The summed E-state index contributed by atoms with van der Waals surface area (Å²) in [6.07, 6.45) is -0.194. The molecule has 10 heteroatoms. The van der Waals surface area contributed by atoms with Gasteiger partial charge in [-0.3, -0.25) is 9.59 Å². The quantitative estimate of drug-likeness (QED) is 0.305. The van der Waals surface area contributed by atoms with Gasteiger partial charge in [0.2, 0.25) is 11.8 Å². The second-order valence-corrected chi connectivity index (χ2v) is 8.37. The van der Waals surface area contributed by atoms with E-state index in [0.717, 1.165) is 16.7 Å². The summed E-state index contributed by atoms with van der Waals surface area (Å²) in [4.78, 5) is 45.9. The highest BCUT2D eigenvalue weighted by atomic mass is 32.2. The van der Waals surface area contributed by atoms with E-state index in [1.54, 1.807) is 0 Å². The Morgan fingerprint density at radius 2 is 1.58 bits per heavy atom. The number of benzene rings is 2. The van der Waals surface area contributed by atoms with Gasteiger partial charge in [0.25, 0.3) is 0 Å². The fourth-order valence-corrected chi connectivity index (χ4v) is 3.89. The van der Waals surface area contributed by atoms with Crippen LogP contribution in [0.5, 0.6) is 0 Å². The van der Waals surface area contributed by atoms with Gasteiger partial charge in [0.15, 0.2) is 0 Å². The normalized spacial score (nSPS) is 12.4. The molecular formula is C23H26N3O6S-. The average Bonchev–Trinajstić information content (AvgIpc) is 2.81. The van der Waals surface area contributed by atoms with E-state index in [1.807, 2.05) is 54.6 Å². The molecule has 0 fully saturated rings. The van der Waals surface area contributed by atoms with Crippen molar-refractivity contribution >= 4 is 35.5 Å². The molecule has 0 aliphatic heterocycles. The van der Waals surface area contributed by atoms with E-state index in [9.17, 15) is 29.4 Å². The summed E-state index contributed by atoms with van der Waals surface area (Å²) in [5.41, 5.74) is 6.59. The number of carboxylic acid groups (broad SMARTS) is 2. The minimum absolute atomic E-state index is 0.0392. The molecule has 0 aliphatic carbocycles. The van der Waals surface area contributed by atoms with Gasteiger partial charge in [-0.2, -0.15) is 11.8 Å². The van der Waals surface area contributed by atoms with Gasteiger partial charge in [-0.25, -0.2) is 0 Å². The molecule has 2 amide bonds. The Labute approximate surface area is 195 Å². The Balaban J connectivity index is 1.92. The summed E-state index contributed by atoms with van der Waals surface area (Å²) in [5, 5.41) is 26.1. The smallest absolute Gasteiger partial charge is 0.243 e. The van der Waals surface area contributed by atoms with Gasteiger partial charge in [0, 0.05) is 24.3 Å². The number of rotatable bonds is 13. The number of carboxylic acids is 2. The number of amides is 2. The number of quaternary nitrogens is 1. The summed E-state index contributed by atoms with van der Waals surface area (Å²) in [5.74, 6) is -3.24. The van der Waals surface area contributed by atoms with Crippen LogP contribution in [-0.4, -0.2) is 48.1 Å². The number of thioether (sulfide) groups is 1. The Bertz CT molecular complexity index is 952. The summed E-state index contributed by atoms with van der Waals surface area (Å²) < 4.78 is 0. The van der Waals surface area contributed by atoms with Crippen LogP contribution in [0.1, 0.15) is 18.4 Å². The zero-order chi connectivity index (χ0) is 24.2. The molecule has 0 saturated carbocycles. The lowest BCUT2D eigenvalue weighted by Crippen LogP contribution is -2.68. The lowest BCUT2D eigenvalue weighted by atomic mass is 10.0. The summed E-state index contributed by atoms with van der Waals surface area (Å²) in [7, 11) is 0. The first-order valence-electron chi connectivity index (χ1n) is 10.3. The lowest BCUT2D eigenvalue weighted by molar-refractivity contribution is -0.438. The van der Waals surface area contributed by atoms with Crippen molar-refractivity contribution in [3.8, 4) is 11.1 Å². The second kappa shape index (κ2) is 13.2. The van der Waals surface area contributed by atoms with Crippen molar-refractivity contribution in [3.63, 3.8) is 0 Å². The van der Waals surface area contributed by atoms with Crippen molar-refractivity contribution in [1.29, 1.82) is 0 Å². The Kier molecular flexibility index (Phi) is 10.4. The molecule has 0 radical (unpaired) electrons. The molecule has 0 aliphatic rings. The van der Waals surface area contributed by atoms with Crippen molar-refractivity contribution in [1.82, 2.24) is 10.6 Å². The SMILES string of the molecule is [NH3+][C@@H](CCC(=O)N[C@@H](CSCc1ccc(-c2ccccc2)cc1)C(=O)NCC(=O)[O-])C(=O)[O-]. The predicted molar refractivity (Wildman–Crippen MR) is 119 cm³/mol. The van der Waals surface area contributed by atoms with Crippen LogP contribution in [0, 0.1) is 0 Å². The van der Waals surface area contributed by atoms with E-state index in [4.69, 9.17) is 0 Å². The Morgan fingerprint density at radius 3 is 2.18 bits per heavy atom. The third-order valence-corrected chi connectivity index (χ3v) is 5.83. The van der Waals surface area contributed by atoms with Crippen molar-refractivity contribution in [2.75, 3.05) is 12.3 Å². The number of carbonyl (C=O) groups excluding carboxylic acids is 4. The third kappa shape index (κ3) is 9.34. The van der Waals surface area contributed by atoms with Crippen molar-refractivity contribution < 1.29 is 35.1 Å². The number of carbonyl (C=O) groups is 4. The molecule has 0 unspecified atom stereocenters. The van der Waals surface area contributed by atoms with Crippen molar-refractivity contribution in [3.05, 3.63) is 60.2 Å². The molecule has 5 N–H and O–H groups in total. The molecule has 0 heterocycles. The minimum Gasteiger partial charge on any atom is -0.548 e. The number of hydrogen-bond acceptors (Lipinski definition) is 7. The molecule has 2 aromatic carbocycles. The molecule has 2 aromatic rings. The monoisotopic (exact) mass is 472 g/mol. The van der Waals surface area contributed by atoms with E-state index >= 15 is 0 Å².